The Hall–Kier alpha value is -5.20. The predicted molar refractivity (Wildman–Crippen MR) is 217 cm³/mol. The molecule has 2 aliphatic rings. The molecule has 1 amide bonds. The van der Waals surface area contributed by atoms with E-state index in [1.165, 1.54) is 63.0 Å². The predicted octanol–water partition coefficient (Wildman–Crippen LogP) is 7.41. The summed E-state index contributed by atoms with van der Waals surface area (Å²) in [6.45, 7) is -0.487. The molecular formula is C42H38BrF4N3O8S2. The Bertz CT molecular complexity index is 2710. The van der Waals surface area contributed by atoms with Crippen molar-refractivity contribution in [2.24, 2.45) is 0 Å². The van der Waals surface area contributed by atoms with Gasteiger partial charge in [-0.3, -0.25) is 9.59 Å². The zero-order valence-corrected chi connectivity index (χ0v) is 35.9. The average Bonchev–Trinajstić information content (AvgIpc) is 3.44. The van der Waals surface area contributed by atoms with E-state index in [9.17, 15) is 44.0 Å². The van der Waals surface area contributed by atoms with Gasteiger partial charge in [0.15, 0.2) is 19.7 Å². The Labute approximate surface area is 352 Å². The third-order valence-corrected chi connectivity index (χ3v) is 13.0. The van der Waals surface area contributed by atoms with Crippen LogP contribution < -0.4 is 14.4 Å². The van der Waals surface area contributed by atoms with Crippen molar-refractivity contribution in [1.29, 1.82) is 0 Å². The molecule has 2 unspecified atom stereocenters. The van der Waals surface area contributed by atoms with Crippen LogP contribution in [0, 0.1) is 23.3 Å². The topological polar surface area (TPSA) is 150 Å². The highest BCUT2D eigenvalue weighted by molar-refractivity contribution is 9.10. The van der Waals surface area contributed by atoms with Crippen molar-refractivity contribution in [1.82, 2.24) is 9.97 Å². The molecule has 316 valence electrons. The number of pyridine rings is 2. The monoisotopic (exact) mass is 931 g/mol. The van der Waals surface area contributed by atoms with E-state index in [1.807, 2.05) is 0 Å². The number of methoxy groups -OCH3 is 2. The minimum atomic E-state index is -3.75. The maximum atomic E-state index is 14.8. The number of aromatic nitrogens is 2. The van der Waals surface area contributed by atoms with E-state index >= 15 is 0 Å². The summed E-state index contributed by atoms with van der Waals surface area (Å²) in [5, 5.41) is 0. The zero-order valence-electron chi connectivity index (χ0n) is 32.6. The Morgan fingerprint density at radius 3 is 1.77 bits per heavy atom. The number of carbonyl (C=O) groups excluding carboxylic acids is 2. The summed E-state index contributed by atoms with van der Waals surface area (Å²) in [6.07, 6.45) is 6.05. The largest absolute Gasteiger partial charge is 0.480 e. The molecule has 1 aliphatic carbocycles. The summed E-state index contributed by atoms with van der Waals surface area (Å²) >= 11 is 3.03. The number of benzene rings is 3. The number of carbonyl (C=O) groups is 2. The molecule has 18 heteroatoms. The summed E-state index contributed by atoms with van der Waals surface area (Å²) in [4.78, 5) is 35.4. The van der Waals surface area contributed by atoms with Crippen molar-refractivity contribution >= 4 is 53.0 Å². The van der Waals surface area contributed by atoms with Gasteiger partial charge in [-0.05, 0) is 90.4 Å². The van der Waals surface area contributed by atoms with Gasteiger partial charge in [0.05, 0.1) is 32.4 Å². The van der Waals surface area contributed by atoms with Gasteiger partial charge in [0, 0.05) is 52.8 Å². The van der Waals surface area contributed by atoms with Crippen molar-refractivity contribution in [3.8, 4) is 11.8 Å². The summed E-state index contributed by atoms with van der Waals surface area (Å²) < 4.78 is 117. The second kappa shape index (κ2) is 17.8. The minimum Gasteiger partial charge on any atom is -0.480 e. The smallest absolute Gasteiger partial charge is 0.234 e. The first-order valence-corrected chi connectivity index (χ1v) is 22.9. The van der Waals surface area contributed by atoms with Gasteiger partial charge < -0.3 is 14.4 Å². The molecule has 0 radical (unpaired) electrons. The maximum absolute atomic E-state index is 14.8. The molecule has 60 heavy (non-hydrogen) atoms. The number of hydrogen-bond acceptors (Lipinski definition) is 10. The van der Waals surface area contributed by atoms with Gasteiger partial charge in [0.1, 0.15) is 38.8 Å². The lowest BCUT2D eigenvalue weighted by Crippen LogP contribution is -2.34. The Morgan fingerprint density at radius 2 is 1.22 bits per heavy atom. The average molecular weight is 933 g/mol. The van der Waals surface area contributed by atoms with Crippen LogP contribution >= 0.6 is 15.9 Å². The van der Waals surface area contributed by atoms with Crippen molar-refractivity contribution in [3.05, 3.63) is 134 Å². The first-order valence-electron chi connectivity index (χ1n) is 18.3. The second-order valence-electron chi connectivity index (χ2n) is 14.3. The summed E-state index contributed by atoms with van der Waals surface area (Å²) in [7, 11) is -4.69. The Morgan fingerprint density at radius 1 is 0.717 bits per heavy atom. The van der Waals surface area contributed by atoms with Gasteiger partial charge in [0.2, 0.25) is 17.7 Å². The molecule has 3 heterocycles. The molecular weight excluding hydrogens is 895 g/mol. The number of sulfone groups is 2. The summed E-state index contributed by atoms with van der Waals surface area (Å²) in [6, 6.07) is 13.8. The second-order valence-corrected chi connectivity index (χ2v) is 19.2. The van der Waals surface area contributed by atoms with Crippen molar-refractivity contribution in [2.75, 3.05) is 31.6 Å². The van der Waals surface area contributed by atoms with E-state index in [1.54, 1.807) is 12.1 Å². The number of amides is 1. The van der Waals surface area contributed by atoms with E-state index in [0.29, 0.717) is 29.5 Å². The van der Waals surface area contributed by atoms with E-state index < -0.39 is 61.4 Å². The van der Waals surface area contributed by atoms with Gasteiger partial charge in [-0.2, -0.15) is 0 Å². The van der Waals surface area contributed by atoms with Crippen molar-refractivity contribution in [2.45, 2.75) is 60.3 Å². The molecule has 0 bridgehead atoms. The number of anilines is 1. The fraction of sp³-hybridized carbons (Fsp3) is 0.286. The molecule has 7 rings (SSSR count). The lowest BCUT2D eigenvalue weighted by Gasteiger charge is -2.27. The van der Waals surface area contributed by atoms with Crippen LogP contribution in [0.25, 0.3) is 0 Å². The molecule has 2 atom stereocenters. The number of ketones is 1. The highest BCUT2D eigenvalue weighted by atomic mass is 79.9. The van der Waals surface area contributed by atoms with Gasteiger partial charge in [-0.1, -0.05) is 34.1 Å². The van der Waals surface area contributed by atoms with Crippen molar-refractivity contribution in [3.63, 3.8) is 0 Å². The van der Waals surface area contributed by atoms with Crippen LogP contribution in [0.3, 0.4) is 0 Å². The van der Waals surface area contributed by atoms with Crippen LogP contribution in [0.1, 0.15) is 58.1 Å². The van der Waals surface area contributed by atoms with Crippen LogP contribution in [0.4, 0.5) is 23.2 Å². The quantitative estimate of drug-likeness (QED) is 0.114. The molecule has 0 spiro atoms. The van der Waals surface area contributed by atoms with Gasteiger partial charge in [-0.15, -0.1) is 0 Å². The fourth-order valence-corrected chi connectivity index (χ4v) is 9.40. The fourth-order valence-electron chi connectivity index (χ4n) is 7.40. The number of Topliss-reactive ketones (excluding diaryl/α,β-unsaturated/α-hetero) is 1. The lowest BCUT2D eigenvalue weighted by molar-refractivity contribution is -0.120. The van der Waals surface area contributed by atoms with Crippen molar-refractivity contribution < 1.29 is 53.5 Å². The molecule has 3 aromatic carbocycles. The highest BCUT2D eigenvalue weighted by Crippen LogP contribution is 2.39. The molecule has 0 N–H and O–H groups in total. The van der Waals surface area contributed by atoms with Gasteiger partial charge in [-0.25, -0.2) is 44.4 Å². The highest BCUT2D eigenvalue weighted by Gasteiger charge is 2.35. The summed E-state index contributed by atoms with van der Waals surface area (Å²) in [5.74, 6) is -4.82. The lowest BCUT2D eigenvalue weighted by atomic mass is 9.91. The van der Waals surface area contributed by atoms with Gasteiger partial charge >= 0.3 is 0 Å². The number of ether oxygens (including phenoxy) is 2. The number of nitrogens with zero attached hydrogens (tertiary/aromatic N) is 3. The molecule has 5 aromatic rings. The van der Waals surface area contributed by atoms with E-state index in [2.05, 4.69) is 25.9 Å². The number of halogens is 5. The molecule has 1 aliphatic heterocycles. The van der Waals surface area contributed by atoms with Crippen LogP contribution in [0.15, 0.2) is 87.3 Å². The first kappa shape index (κ1) is 44.4. The third-order valence-electron chi connectivity index (χ3n) is 10.4. The molecule has 0 saturated carbocycles. The maximum Gasteiger partial charge on any atom is 0.234 e. The van der Waals surface area contributed by atoms with Crippen LogP contribution in [0.5, 0.6) is 11.8 Å². The number of hydrogen-bond donors (Lipinski definition) is 0. The van der Waals surface area contributed by atoms with E-state index in [0.717, 1.165) is 29.5 Å². The van der Waals surface area contributed by atoms with E-state index in [-0.39, 0.29) is 79.3 Å². The number of fused-ring (bicyclic) bond motifs is 2. The standard InChI is InChI=1S/C24H20BrF3N2O4S.C18H18FNO4S/c1-34-23-22(35(2,32)33)8-13(11-29-23)15-6-7-16-18(26)4-3-5-21(16)30(24(15)31)12-17-19(27)9-14(25)10-20(17)28;1-24-18-17(25(2,22)23)9-12(10-20-18)14-7-6-13-11(8-16(14)21)4-3-5-15(13)19/h3-5,8-11,15H,6-7,12H2,1-2H3;3-5,9-10,14H,6-8H2,1-2H3. The third kappa shape index (κ3) is 9.39. The van der Waals surface area contributed by atoms with Crippen LogP contribution in [-0.2, 0) is 55.1 Å². The molecule has 11 nitrogen and oxygen atoms in total. The Kier molecular flexibility index (Phi) is 13.2. The SMILES string of the molecule is COc1ncc(C2CCc3c(F)cccc3CC2=O)cc1S(C)(=O)=O.COc1ncc(C2CCc3c(F)cccc3N(Cc3c(F)cc(Br)cc3F)C2=O)cc1S(C)(=O)=O. The molecule has 0 saturated heterocycles. The normalized spacial score (nSPS) is 16.8. The van der Waals surface area contributed by atoms with Crippen LogP contribution in [0.2, 0.25) is 0 Å². The zero-order chi connectivity index (χ0) is 43.7. The molecule has 2 aromatic heterocycles. The first-order chi connectivity index (χ1) is 28.3. The van der Waals surface area contributed by atoms with Gasteiger partial charge in [0.25, 0.3) is 0 Å². The van der Waals surface area contributed by atoms with E-state index in [4.69, 9.17) is 9.47 Å². The Balaban J connectivity index is 0.000000213. The summed E-state index contributed by atoms with van der Waals surface area (Å²) in [5.41, 5.74) is 2.10. The number of rotatable bonds is 8. The molecule has 0 fully saturated rings. The minimum absolute atomic E-state index is 0.00153. The van der Waals surface area contributed by atoms with Crippen LogP contribution in [-0.4, -0.2) is 65.2 Å².